The molecule has 0 radical (unpaired) electrons. The summed E-state index contributed by atoms with van der Waals surface area (Å²) in [6.07, 6.45) is 1.46. The molecule has 4 nitrogen and oxygen atoms in total. The minimum absolute atomic E-state index is 0. The maximum absolute atomic E-state index is 10.8. The number of aryl methyl sites for hydroxylation is 1. The van der Waals surface area contributed by atoms with E-state index >= 15 is 0 Å². The van der Waals surface area contributed by atoms with Crippen molar-refractivity contribution in [2.45, 2.75) is 13.8 Å². The van der Waals surface area contributed by atoms with Crippen LogP contribution in [0.1, 0.15) is 11.3 Å². The van der Waals surface area contributed by atoms with Gasteiger partial charge >= 0.3 is 6.01 Å². The van der Waals surface area contributed by atoms with Crippen LogP contribution in [0, 0.1) is 19.1 Å². The van der Waals surface area contributed by atoms with Gasteiger partial charge in [-0.05, 0) is 18.8 Å². The predicted octanol–water partition coefficient (Wildman–Crippen LogP) is 0.459. The van der Waals surface area contributed by atoms with Gasteiger partial charge in [0.25, 0.3) is 0 Å². The van der Waals surface area contributed by atoms with Gasteiger partial charge in [-0.3, -0.25) is 0 Å². The summed E-state index contributed by atoms with van der Waals surface area (Å²) < 4.78 is 0.398. The van der Waals surface area contributed by atoms with E-state index < -0.39 is 6.01 Å². The van der Waals surface area contributed by atoms with Crippen LogP contribution < -0.4 is 4.73 Å². The molecule has 62 valence electrons. The fraction of sp³-hybridized carbons (Fsp3) is 0.333. The summed E-state index contributed by atoms with van der Waals surface area (Å²) in [5.41, 5.74) is 1.25. The average Bonchev–Trinajstić information content (AvgIpc) is 1.93. The molecule has 0 fully saturated rings. The highest BCUT2D eigenvalue weighted by atomic mass is 35.5. The number of aromatic nitrogens is 2. The van der Waals surface area contributed by atoms with Crippen molar-refractivity contribution in [2.75, 3.05) is 0 Å². The van der Waals surface area contributed by atoms with E-state index in [1.165, 1.54) is 6.20 Å². The Labute approximate surface area is 70.5 Å². The molecule has 0 aliphatic rings. The Kier molecular flexibility index (Phi) is 3.07. The minimum Gasteiger partial charge on any atom is -0.708 e. The molecule has 5 heteroatoms. The number of nitrogens with zero attached hydrogens (tertiary/aromatic N) is 2. The highest BCUT2D eigenvalue weighted by Crippen LogP contribution is 2.01. The molecule has 0 unspecified atom stereocenters. The quantitative estimate of drug-likeness (QED) is 0.462. The van der Waals surface area contributed by atoms with Gasteiger partial charge in [0.15, 0.2) is 6.20 Å². The Morgan fingerprint density at radius 1 is 1.55 bits per heavy atom. The van der Waals surface area contributed by atoms with Gasteiger partial charge in [-0.1, -0.05) is 0 Å². The summed E-state index contributed by atoms with van der Waals surface area (Å²) in [6.45, 7) is 3.39. The van der Waals surface area contributed by atoms with E-state index in [-0.39, 0.29) is 12.4 Å². The lowest BCUT2D eigenvalue weighted by molar-refractivity contribution is -0.624. The molecule has 1 aromatic rings. The molecule has 0 saturated heterocycles. The van der Waals surface area contributed by atoms with Crippen molar-refractivity contribution in [1.29, 1.82) is 0 Å². The Morgan fingerprint density at radius 3 is 2.55 bits per heavy atom. The van der Waals surface area contributed by atoms with Gasteiger partial charge < -0.3 is 10.3 Å². The van der Waals surface area contributed by atoms with Gasteiger partial charge in [-0.2, -0.15) is 4.73 Å². The molecule has 0 bridgehead atoms. The third-order valence-corrected chi connectivity index (χ3v) is 1.43. The first-order valence-corrected chi connectivity index (χ1v) is 2.87. The summed E-state index contributed by atoms with van der Waals surface area (Å²) in [5, 5.41) is 19.6. The molecule has 0 saturated carbocycles. The van der Waals surface area contributed by atoms with Gasteiger partial charge in [0.1, 0.15) is 5.69 Å². The average molecular weight is 177 g/mol. The van der Waals surface area contributed by atoms with Crippen molar-refractivity contribution in [2.24, 2.45) is 0 Å². The highest BCUT2D eigenvalue weighted by molar-refractivity contribution is 5.85. The molecule has 0 atom stereocenters. The van der Waals surface area contributed by atoms with E-state index in [2.05, 4.69) is 4.98 Å². The van der Waals surface area contributed by atoms with Gasteiger partial charge in [0.05, 0.1) is 0 Å². The van der Waals surface area contributed by atoms with E-state index in [1.807, 2.05) is 0 Å². The van der Waals surface area contributed by atoms with Crippen molar-refractivity contribution >= 4 is 12.4 Å². The monoisotopic (exact) mass is 176 g/mol. The maximum atomic E-state index is 10.8. The van der Waals surface area contributed by atoms with E-state index in [0.29, 0.717) is 10.4 Å². The van der Waals surface area contributed by atoms with Crippen LogP contribution >= 0.6 is 12.4 Å². The van der Waals surface area contributed by atoms with Gasteiger partial charge in [0.2, 0.25) is 0 Å². The zero-order valence-corrected chi connectivity index (χ0v) is 7.05. The van der Waals surface area contributed by atoms with Crippen molar-refractivity contribution in [3.8, 4) is 6.01 Å². The molecule has 0 amide bonds. The van der Waals surface area contributed by atoms with Crippen LogP contribution in [-0.4, -0.2) is 10.1 Å². The highest BCUT2D eigenvalue weighted by Gasteiger charge is 2.07. The number of halogens is 1. The first kappa shape index (κ1) is 9.97. The number of aromatic hydroxyl groups is 1. The maximum Gasteiger partial charge on any atom is 0.499 e. The second-order valence-corrected chi connectivity index (χ2v) is 2.12. The Bertz CT molecular complexity index is 238. The predicted molar refractivity (Wildman–Crippen MR) is 41.6 cm³/mol. The van der Waals surface area contributed by atoms with Gasteiger partial charge in [0, 0.05) is 5.56 Å². The second kappa shape index (κ2) is 3.39. The van der Waals surface area contributed by atoms with E-state index in [1.54, 1.807) is 13.8 Å². The van der Waals surface area contributed by atoms with Gasteiger partial charge in [-0.15, -0.1) is 12.4 Å². The molecule has 0 aromatic carbocycles. The van der Waals surface area contributed by atoms with Crippen LogP contribution in [0.25, 0.3) is 0 Å². The van der Waals surface area contributed by atoms with Crippen molar-refractivity contribution in [3.63, 3.8) is 0 Å². The summed E-state index contributed by atoms with van der Waals surface area (Å²) >= 11 is 0. The Hall–Kier alpha value is -1.03. The van der Waals surface area contributed by atoms with Crippen LogP contribution in [0.4, 0.5) is 0 Å². The molecule has 11 heavy (non-hydrogen) atoms. The smallest absolute Gasteiger partial charge is 0.499 e. The molecule has 1 heterocycles. The SMILES string of the molecule is Cc1cnc(O)[n+]([O-])c1C.Cl. The molecule has 0 spiro atoms. The molecule has 0 aliphatic heterocycles. The van der Waals surface area contributed by atoms with Crippen molar-refractivity contribution in [3.05, 3.63) is 22.7 Å². The lowest BCUT2D eigenvalue weighted by Crippen LogP contribution is -2.31. The lowest BCUT2D eigenvalue weighted by atomic mass is 10.3. The number of rotatable bonds is 0. The van der Waals surface area contributed by atoms with Crippen LogP contribution in [0.3, 0.4) is 0 Å². The van der Waals surface area contributed by atoms with E-state index in [4.69, 9.17) is 5.11 Å². The molecular weight excluding hydrogens is 168 g/mol. The second-order valence-electron chi connectivity index (χ2n) is 2.12. The first-order valence-electron chi connectivity index (χ1n) is 2.87. The normalized spacial score (nSPS) is 8.91. The molecule has 0 aliphatic carbocycles. The van der Waals surface area contributed by atoms with Crippen molar-refractivity contribution in [1.82, 2.24) is 4.98 Å². The largest absolute Gasteiger partial charge is 0.708 e. The van der Waals surface area contributed by atoms with Crippen LogP contribution in [0.15, 0.2) is 6.20 Å². The van der Waals surface area contributed by atoms with E-state index in [0.717, 1.165) is 5.56 Å². The third-order valence-electron chi connectivity index (χ3n) is 1.43. The lowest BCUT2D eigenvalue weighted by Gasteiger charge is -2.05. The standard InChI is InChI=1S/C6H8N2O2.ClH/c1-4-3-7-6(9)8(10)5(4)2;/h3H,1-2H3,(H,7,9);1H. The van der Waals surface area contributed by atoms with Crippen LogP contribution in [-0.2, 0) is 0 Å². The Morgan fingerprint density at radius 2 is 2.09 bits per heavy atom. The van der Waals surface area contributed by atoms with Crippen LogP contribution in [0.5, 0.6) is 6.01 Å². The Balaban J connectivity index is 0.000001000. The topological polar surface area (TPSA) is 60.1 Å². The minimum atomic E-state index is -0.497. The first-order chi connectivity index (χ1) is 4.63. The molecule has 1 aromatic heterocycles. The van der Waals surface area contributed by atoms with Crippen molar-refractivity contribution < 1.29 is 9.84 Å². The number of hydrogen-bond acceptors (Lipinski definition) is 3. The zero-order chi connectivity index (χ0) is 7.72. The summed E-state index contributed by atoms with van der Waals surface area (Å²) in [5.74, 6) is 0. The number of hydrogen-bond donors (Lipinski definition) is 1. The molecule has 1 N–H and O–H groups in total. The van der Waals surface area contributed by atoms with E-state index in [9.17, 15) is 5.21 Å². The summed E-state index contributed by atoms with van der Waals surface area (Å²) in [6, 6.07) is -0.497. The van der Waals surface area contributed by atoms with Crippen LogP contribution in [0.2, 0.25) is 0 Å². The summed E-state index contributed by atoms with van der Waals surface area (Å²) in [7, 11) is 0. The molecular formula is C6H9ClN2O2. The summed E-state index contributed by atoms with van der Waals surface area (Å²) in [4.78, 5) is 3.45. The van der Waals surface area contributed by atoms with Gasteiger partial charge in [-0.25, -0.2) is 0 Å². The zero-order valence-electron chi connectivity index (χ0n) is 6.24. The fourth-order valence-electron chi connectivity index (χ4n) is 0.611. The third kappa shape index (κ3) is 1.71. The fourth-order valence-corrected chi connectivity index (χ4v) is 0.611. The molecule has 1 rings (SSSR count).